The first kappa shape index (κ1) is 22.4. The molecule has 0 bridgehead atoms. The molecule has 1 amide bonds. The van der Waals surface area contributed by atoms with E-state index in [2.05, 4.69) is 40.2 Å². The summed E-state index contributed by atoms with van der Waals surface area (Å²) in [4.78, 5) is 33.1. The number of amides is 1. The fraction of sp³-hybridized carbons (Fsp3) is 0.545. The summed E-state index contributed by atoms with van der Waals surface area (Å²) in [6.45, 7) is 12.7. The summed E-state index contributed by atoms with van der Waals surface area (Å²) in [5.41, 5.74) is 3.92. The van der Waals surface area contributed by atoms with E-state index in [-0.39, 0.29) is 17.5 Å². The van der Waals surface area contributed by atoms with Gasteiger partial charge in [-0.1, -0.05) is 11.6 Å². The molecule has 0 unspecified atom stereocenters. The molecule has 1 fully saturated rings. The van der Waals surface area contributed by atoms with Gasteiger partial charge in [0.1, 0.15) is 9.88 Å². The molecule has 0 saturated carbocycles. The summed E-state index contributed by atoms with van der Waals surface area (Å²) in [6.07, 6.45) is 4.13. The third-order valence-corrected chi connectivity index (χ3v) is 6.80. The Labute approximate surface area is 181 Å². The van der Waals surface area contributed by atoms with Gasteiger partial charge in [0.15, 0.2) is 0 Å². The molecule has 2 aromatic rings. The number of rotatable bonds is 5. The third kappa shape index (κ3) is 4.87. The molecule has 7 nitrogen and oxygen atoms in total. The predicted molar refractivity (Wildman–Crippen MR) is 121 cm³/mol. The van der Waals surface area contributed by atoms with Crippen molar-refractivity contribution < 1.29 is 4.79 Å². The number of aryl methyl sites for hydroxylation is 3. The van der Waals surface area contributed by atoms with Crippen molar-refractivity contribution in [3.63, 3.8) is 0 Å². The van der Waals surface area contributed by atoms with Crippen LogP contribution in [0.4, 0.5) is 0 Å². The average Bonchev–Trinajstić information content (AvgIpc) is 3.07. The molecule has 8 heteroatoms. The van der Waals surface area contributed by atoms with E-state index in [1.165, 1.54) is 21.6 Å². The van der Waals surface area contributed by atoms with Crippen LogP contribution in [0, 0.1) is 20.8 Å². The Balaban J connectivity index is 1.72. The van der Waals surface area contributed by atoms with E-state index in [0.29, 0.717) is 21.1 Å². The largest absolute Gasteiger partial charge is 0.348 e. The highest BCUT2D eigenvalue weighted by Gasteiger charge is 2.24. The number of piperidine rings is 1. The van der Waals surface area contributed by atoms with Crippen molar-refractivity contribution in [2.75, 3.05) is 19.6 Å². The molecule has 0 spiro atoms. The van der Waals surface area contributed by atoms with Crippen LogP contribution in [0.3, 0.4) is 0 Å². The van der Waals surface area contributed by atoms with Gasteiger partial charge in [0.25, 0.3) is 11.5 Å². The molecule has 1 N–H and O–H groups in total. The number of carbonyl (C=O) groups is 1. The average molecular weight is 430 g/mol. The number of carbonyl (C=O) groups excluding carboxylic acids is 1. The van der Waals surface area contributed by atoms with Gasteiger partial charge in [0, 0.05) is 32.7 Å². The standard InChI is InChI=1S/C22H31N5O2S/c1-13(2)7-10-27-11-8-17(9-12-27)24-20(28)19-16(5)23-21(30-19)18-14(3)15(4)25-26(6)22(18)29/h7,17H,8-12H2,1-6H3,(H,24,28). The number of allylic oxidation sites excluding steroid dienone is 1. The van der Waals surface area contributed by atoms with Gasteiger partial charge in [-0.2, -0.15) is 5.10 Å². The molecule has 1 saturated heterocycles. The topological polar surface area (TPSA) is 80.1 Å². The van der Waals surface area contributed by atoms with Gasteiger partial charge in [-0.05, 0) is 53.0 Å². The Morgan fingerprint density at radius 1 is 1.20 bits per heavy atom. The normalized spacial score (nSPS) is 15.3. The van der Waals surface area contributed by atoms with Crippen molar-refractivity contribution in [3.05, 3.63) is 43.8 Å². The molecule has 162 valence electrons. The zero-order valence-electron chi connectivity index (χ0n) is 18.7. The van der Waals surface area contributed by atoms with Gasteiger partial charge in [-0.15, -0.1) is 11.3 Å². The Bertz CT molecular complexity index is 1020. The summed E-state index contributed by atoms with van der Waals surface area (Å²) in [7, 11) is 1.64. The van der Waals surface area contributed by atoms with E-state index < -0.39 is 0 Å². The van der Waals surface area contributed by atoms with E-state index >= 15 is 0 Å². The SMILES string of the molecule is CC(C)=CCN1CCC(NC(=O)c2sc(-c3c(C)c(C)nn(C)c3=O)nc2C)CC1. The maximum absolute atomic E-state index is 12.9. The monoisotopic (exact) mass is 429 g/mol. The zero-order chi connectivity index (χ0) is 22.0. The minimum atomic E-state index is -0.192. The van der Waals surface area contributed by atoms with Gasteiger partial charge in [-0.3, -0.25) is 14.5 Å². The lowest BCUT2D eigenvalue weighted by Crippen LogP contribution is -2.44. The molecule has 1 aliphatic heterocycles. The van der Waals surface area contributed by atoms with E-state index in [1.54, 1.807) is 7.05 Å². The van der Waals surface area contributed by atoms with Crippen LogP contribution >= 0.6 is 11.3 Å². The van der Waals surface area contributed by atoms with Gasteiger partial charge in [0.05, 0.1) is 17.0 Å². The number of nitrogens with one attached hydrogen (secondary N) is 1. The van der Waals surface area contributed by atoms with Crippen LogP contribution in [0.2, 0.25) is 0 Å². The van der Waals surface area contributed by atoms with Gasteiger partial charge < -0.3 is 5.32 Å². The minimum absolute atomic E-state index is 0.0979. The van der Waals surface area contributed by atoms with Crippen molar-refractivity contribution in [1.82, 2.24) is 25.0 Å². The van der Waals surface area contributed by atoms with Gasteiger partial charge >= 0.3 is 0 Å². The van der Waals surface area contributed by atoms with Crippen LogP contribution < -0.4 is 10.9 Å². The highest BCUT2D eigenvalue weighted by Crippen LogP contribution is 2.29. The molecule has 2 aromatic heterocycles. The zero-order valence-corrected chi connectivity index (χ0v) is 19.5. The van der Waals surface area contributed by atoms with Crippen molar-refractivity contribution >= 4 is 17.2 Å². The molecule has 0 radical (unpaired) electrons. The Morgan fingerprint density at radius 3 is 2.50 bits per heavy atom. The highest BCUT2D eigenvalue weighted by atomic mass is 32.1. The molecule has 30 heavy (non-hydrogen) atoms. The van der Waals surface area contributed by atoms with Crippen molar-refractivity contribution in [3.8, 4) is 10.6 Å². The predicted octanol–water partition coefficient (Wildman–Crippen LogP) is 2.99. The maximum atomic E-state index is 12.9. The number of nitrogens with zero attached hydrogens (tertiary/aromatic N) is 4. The summed E-state index contributed by atoms with van der Waals surface area (Å²) in [6, 6.07) is 0.170. The molecule has 0 aromatic carbocycles. The van der Waals surface area contributed by atoms with Crippen molar-refractivity contribution in [1.29, 1.82) is 0 Å². The van der Waals surface area contributed by atoms with E-state index in [9.17, 15) is 9.59 Å². The van der Waals surface area contributed by atoms with E-state index in [1.807, 2.05) is 20.8 Å². The maximum Gasteiger partial charge on any atom is 0.277 e. The van der Waals surface area contributed by atoms with Crippen LogP contribution in [0.1, 0.15) is 53.3 Å². The molecular weight excluding hydrogens is 398 g/mol. The quantitative estimate of drug-likeness (QED) is 0.739. The summed E-state index contributed by atoms with van der Waals surface area (Å²) in [5.74, 6) is -0.0979. The second-order valence-corrected chi connectivity index (χ2v) is 9.28. The molecule has 0 atom stereocenters. The lowest BCUT2D eigenvalue weighted by molar-refractivity contribution is 0.0917. The fourth-order valence-corrected chi connectivity index (χ4v) is 4.70. The Morgan fingerprint density at radius 2 is 1.87 bits per heavy atom. The Kier molecular flexibility index (Phi) is 6.88. The van der Waals surface area contributed by atoms with E-state index in [4.69, 9.17) is 0 Å². The van der Waals surface area contributed by atoms with Gasteiger partial charge in [0.2, 0.25) is 0 Å². The number of hydrogen-bond acceptors (Lipinski definition) is 6. The Hall–Kier alpha value is -2.32. The summed E-state index contributed by atoms with van der Waals surface area (Å²) in [5, 5.41) is 7.98. The lowest BCUT2D eigenvalue weighted by atomic mass is 10.0. The first-order valence-corrected chi connectivity index (χ1v) is 11.2. The van der Waals surface area contributed by atoms with Crippen molar-refractivity contribution in [2.24, 2.45) is 7.05 Å². The number of hydrogen-bond donors (Lipinski definition) is 1. The molecule has 3 heterocycles. The number of likely N-dealkylation sites (tertiary alicyclic amines) is 1. The minimum Gasteiger partial charge on any atom is -0.348 e. The second kappa shape index (κ2) is 9.22. The summed E-state index contributed by atoms with van der Waals surface area (Å²) < 4.78 is 1.33. The number of aromatic nitrogens is 3. The molecule has 1 aliphatic rings. The van der Waals surface area contributed by atoms with Crippen LogP contribution in [0.5, 0.6) is 0 Å². The van der Waals surface area contributed by atoms with Crippen LogP contribution in [-0.4, -0.2) is 51.2 Å². The summed E-state index contributed by atoms with van der Waals surface area (Å²) >= 11 is 1.28. The molecule has 0 aliphatic carbocycles. The van der Waals surface area contributed by atoms with Crippen LogP contribution in [0.15, 0.2) is 16.4 Å². The van der Waals surface area contributed by atoms with Crippen molar-refractivity contribution in [2.45, 2.75) is 53.5 Å². The first-order chi connectivity index (χ1) is 14.2. The van der Waals surface area contributed by atoms with Gasteiger partial charge in [-0.25, -0.2) is 9.67 Å². The lowest BCUT2D eigenvalue weighted by Gasteiger charge is -2.31. The second-order valence-electron chi connectivity index (χ2n) is 8.28. The molecule has 3 rings (SSSR count). The third-order valence-electron chi connectivity index (χ3n) is 5.62. The first-order valence-electron chi connectivity index (χ1n) is 10.4. The molecular formula is C22H31N5O2S. The van der Waals surface area contributed by atoms with Crippen LogP contribution in [-0.2, 0) is 7.05 Å². The van der Waals surface area contributed by atoms with E-state index in [0.717, 1.165) is 43.7 Å². The highest BCUT2D eigenvalue weighted by molar-refractivity contribution is 7.17. The van der Waals surface area contributed by atoms with Crippen LogP contribution in [0.25, 0.3) is 10.6 Å². The fourth-order valence-electron chi connectivity index (χ4n) is 3.64. The number of thiazole rings is 1. The smallest absolute Gasteiger partial charge is 0.277 e.